The van der Waals surface area contributed by atoms with Gasteiger partial charge in [-0.2, -0.15) is 0 Å². The molecule has 4 heteroatoms. The van der Waals surface area contributed by atoms with Crippen molar-refractivity contribution < 1.29 is 4.79 Å². The Balaban J connectivity index is 1.81. The Kier molecular flexibility index (Phi) is 10.6. The van der Waals surface area contributed by atoms with E-state index in [9.17, 15) is 4.79 Å². The number of benzene rings is 3. The highest BCUT2D eigenvalue weighted by molar-refractivity contribution is 7.67. The Morgan fingerprint density at radius 3 is 1.20 bits per heavy atom. The minimum Gasteiger partial charge on any atom is -0.300 e. The monoisotopic (exact) mass is 666 g/mol. The van der Waals surface area contributed by atoms with Crippen molar-refractivity contribution in [1.29, 1.82) is 0 Å². The molecule has 3 aromatic carbocycles. The molecule has 0 aliphatic carbocycles. The highest BCUT2D eigenvalue weighted by atomic mass is 31.1. The van der Waals surface area contributed by atoms with Crippen molar-refractivity contribution in [1.82, 2.24) is 9.97 Å². The Bertz CT molecular complexity index is 1730. The summed E-state index contributed by atoms with van der Waals surface area (Å²) >= 11 is 0. The topological polar surface area (TPSA) is 42.9 Å². The van der Waals surface area contributed by atoms with Crippen LogP contribution in [0.4, 0.5) is 0 Å². The number of nitrogens with zero attached hydrogens (tertiary/aromatic N) is 2. The molecule has 0 spiro atoms. The zero-order chi connectivity index (χ0) is 34.8. The highest BCUT2D eigenvalue weighted by Gasteiger charge is 2.43. The Labute approximate surface area is 295 Å². The number of hydrogen-bond acceptors (Lipinski definition) is 3. The number of hydrogen-bond donors (Lipinski definition) is 0. The first-order chi connectivity index (χ1) is 23.6. The second kappa shape index (κ2) is 14.9. The molecule has 1 aliphatic rings. The number of ketones is 1. The van der Waals surface area contributed by atoms with Crippen LogP contribution in [0.3, 0.4) is 0 Å². The average Bonchev–Trinajstić information content (AvgIpc) is 3.11. The Hall–Kier alpha value is -3.94. The van der Waals surface area contributed by atoms with Crippen molar-refractivity contribution in [2.24, 2.45) is 0 Å². The molecule has 0 radical (unpaired) electrons. The van der Waals surface area contributed by atoms with Gasteiger partial charge in [-0.15, -0.1) is 0 Å². The minimum absolute atomic E-state index is 0.0354. The van der Waals surface area contributed by atoms with E-state index < -0.39 is 7.92 Å². The fourth-order valence-electron chi connectivity index (χ4n) is 7.83. The van der Waals surface area contributed by atoms with Crippen LogP contribution in [0, 0.1) is 0 Å². The lowest BCUT2D eigenvalue weighted by Gasteiger charge is -2.41. The lowest BCUT2D eigenvalue weighted by Crippen LogP contribution is -2.27. The molecule has 252 valence electrons. The Morgan fingerprint density at radius 2 is 0.878 bits per heavy atom. The van der Waals surface area contributed by atoms with E-state index in [1.807, 2.05) is 24.5 Å². The number of carbonyl (C=O) groups excluding carboxylic acids is 1. The van der Waals surface area contributed by atoms with E-state index in [2.05, 4.69) is 134 Å². The van der Waals surface area contributed by atoms with E-state index in [1.54, 1.807) is 0 Å². The second-order valence-electron chi connectivity index (χ2n) is 14.8. The smallest absolute Gasteiger partial charge is 0.134 e. The van der Waals surface area contributed by atoms with Gasteiger partial charge in [0.2, 0.25) is 0 Å². The van der Waals surface area contributed by atoms with Gasteiger partial charge in [0.05, 0.1) is 0 Å². The highest BCUT2D eigenvalue weighted by Crippen LogP contribution is 2.68. The van der Waals surface area contributed by atoms with Crippen LogP contribution in [0.25, 0.3) is 22.3 Å². The molecule has 2 unspecified atom stereocenters. The van der Waals surface area contributed by atoms with Gasteiger partial charge >= 0.3 is 0 Å². The van der Waals surface area contributed by atoms with Crippen LogP contribution in [-0.4, -0.2) is 15.8 Å². The summed E-state index contributed by atoms with van der Waals surface area (Å²) in [6.07, 6.45) is 4.76. The molecule has 1 saturated heterocycles. The summed E-state index contributed by atoms with van der Waals surface area (Å²) in [4.78, 5) is 23.8. The second-order valence-corrected chi connectivity index (χ2v) is 17.3. The van der Waals surface area contributed by atoms with E-state index in [0.29, 0.717) is 42.3 Å². The minimum atomic E-state index is -1.03. The van der Waals surface area contributed by atoms with E-state index in [0.717, 1.165) is 11.4 Å². The van der Waals surface area contributed by atoms with Crippen LogP contribution in [0.1, 0.15) is 137 Å². The number of carbonyl (C=O) groups is 1. The molecule has 5 aromatic rings. The molecule has 1 aliphatic heterocycles. The molecule has 49 heavy (non-hydrogen) atoms. The summed E-state index contributed by atoms with van der Waals surface area (Å²) < 4.78 is 0. The first-order valence-corrected chi connectivity index (χ1v) is 19.6. The zero-order valence-corrected chi connectivity index (χ0v) is 31.3. The summed E-state index contributed by atoms with van der Waals surface area (Å²) in [5, 5.41) is 1.39. The molecule has 0 saturated carbocycles. The SMILES string of the molecule is CC(C)c1cccc(C(C)C)c1-c1cccc(-c2c(C(C)C)cccc2C(C)C)c1P1C(c2ccccn2)CC(=O)CC1c1ccccn1. The van der Waals surface area contributed by atoms with Crippen LogP contribution in [0.2, 0.25) is 0 Å². The molecular formula is C45H51N2OP. The summed E-state index contributed by atoms with van der Waals surface area (Å²) in [6, 6.07) is 33.2. The van der Waals surface area contributed by atoms with Crippen LogP contribution < -0.4 is 5.30 Å². The number of pyridine rings is 2. The fourth-order valence-corrected chi connectivity index (χ4v) is 11.5. The quantitative estimate of drug-likeness (QED) is 0.147. The third-order valence-corrected chi connectivity index (χ3v) is 13.4. The maximum Gasteiger partial charge on any atom is 0.134 e. The van der Waals surface area contributed by atoms with Crippen LogP contribution in [0.5, 0.6) is 0 Å². The average molecular weight is 667 g/mol. The molecule has 0 N–H and O–H groups in total. The normalized spacial score (nSPS) is 18.2. The van der Waals surface area contributed by atoms with E-state index in [1.165, 1.54) is 49.8 Å². The first-order valence-electron chi connectivity index (χ1n) is 18.1. The zero-order valence-electron chi connectivity index (χ0n) is 30.4. The third kappa shape index (κ3) is 6.93. The summed E-state index contributed by atoms with van der Waals surface area (Å²) in [5.41, 5.74) is 12.8. The molecule has 0 bridgehead atoms. The van der Waals surface area contributed by atoms with Gasteiger partial charge in [-0.3, -0.25) is 14.8 Å². The van der Waals surface area contributed by atoms with Crippen molar-refractivity contribution in [3.05, 3.63) is 137 Å². The van der Waals surface area contributed by atoms with Crippen molar-refractivity contribution >= 4 is 19.0 Å². The number of aromatic nitrogens is 2. The van der Waals surface area contributed by atoms with Crippen LogP contribution in [0.15, 0.2) is 103 Å². The van der Waals surface area contributed by atoms with Gasteiger partial charge in [0.15, 0.2) is 0 Å². The number of rotatable bonds is 9. The van der Waals surface area contributed by atoms with Gasteiger partial charge in [0.25, 0.3) is 0 Å². The molecule has 1 fully saturated rings. The molecule has 3 heterocycles. The largest absolute Gasteiger partial charge is 0.300 e. The summed E-state index contributed by atoms with van der Waals surface area (Å²) in [6.45, 7) is 18.5. The van der Waals surface area contributed by atoms with Gasteiger partial charge in [0.1, 0.15) is 5.78 Å². The van der Waals surface area contributed by atoms with Crippen molar-refractivity contribution in [3.8, 4) is 22.3 Å². The molecule has 2 atom stereocenters. The standard InChI is InChI=1S/C45H51N2OP/c1-28(2)33-16-13-17-34(29(3)4)43(33)37-20-15-21-38(44-35(30(5)6)18-14-19-36(44)31(7)8)45(37)49-41(39-22-9-11-24-46-39)26-32(48)27-42(49)40-23-10-12-25-47-40/h9-25,28-31,41-42H,26-27H2,1-8H3. The fraction of sp³-hybridized carbons (Fsp3) is 0.356. The molecule has 2 aromatic heterocycles. The number of Topliss-reactive ketones (excluding diaryl/α,β-unsaturated/α-hetero) is 1. The lowest BCUT2D eigenvalue weighted by atomic mass is 9.82. The summed E-state index contributed by atoms with van der Waals surface area (Å²) in [5.74, 6) is 1.67. The summed E-state index contributed by atoms with van der Waals surface area (Å²) in [7, 11) is -1.03. The van der Waals surface area contributed by atoms with Crippen LogP contribution in [-0.2, 0) is 4.79 Å². The van der Waals surface area contributed by atoms with E-state index in [-0.39, 0.29) is 11.3 Å². The molecular weight excluding hydrogens is 615 g/mol. The van der Waals surface area contributed by atoms with Crippen LogP contribution >= 0.6 is 7.92 Å². The van der Waals surface area contributed by atoms with Gasteiger partial charge in [-0.05, 0) is 97.7 Å². The first kappa shape index (κ1) is 34.9. The van der Waals surface area contributed by atoms with Gasteiger partial charge < -0.3 is 0 Å². The van der Waals surface area contributed by atoms with E-state index >= 15 is 0 Å². The van der Waals surface area contributed by atoms with Gasteiger partial charge in [-0.1, -0.05) is 130 Å². The molecule has 3 nitrogen and oxygen atoms in total. The maximum atomic E-state index is 13.8. The van der Waals surface area contributed by atoms with Gasteiger partial charge in [0, 0.05) is 47.9 Å². The van der Waals surface area contributed by atoms with Crippen molar-refractivity contribution in [2.45, 2.75) is 103 Å². The molecule has 0 amide bonds. The Morgan fingerprint density at radius 1 is 0.510 bits per heavy atom. The van der Waals surface area contributed by atoms with Gasteiger partial charge in [-0.25, -0.2) is 0 Å². The third-order valence-electron chi connectivity index (χ3n) is 10.2. The predicted octanol–water partition coefficient (Wildman–Crippen LogP) is 12.3. The van der Waals surface area contributed by atoms with E-state index in [4.69, 9.17) is 9.97 Å². The maximum absolute atomic E-state index is 13.8. The van der Waals surface area contributed by atoms with Crippen molar-refractivity contribution in [3.63, 3.8) is 0 Å². The van der Waals surface area contributed by atoms with Crippen molar-refractivity contribution in [2.75, 3.05) is 0 Å². The lowest BCUT2D eigenvalue weighted by molar-refractivity contribution is -0.119. The predicted molar refractivity (Wildman–Crippen MR) is 208 cm³/mol. The molecule has 6 rings (SSSR count).